The molecule has 34 heavy (non-hydrogen) atoms. The highest BCUT2D eigenvalue weighted by molar-refractivity contribution is 5.95. The Balaban J connectivity index is 1.54. The van der Waals surface area contributed by atoms with E-state index in [2.05, 4.69) is 10.1 Å². The van der Waals surface area contributed by atoms with Crippen LogP contribution in [0.2, 0.25) is 0 Å². The zero-order chi connectivity index (χ0) is 24.3. The number of carbonyl (C=O) groups excluding carboxylic acids is 1. The fourth-order valence-electron chi connectivity index (χ4n) is 4.73. The Morgan fingerprint density at radius 1 is 1.18 bits per heavy atom. The molecule has 1 aromatic carbocycles. The topological polar surface area (TPSA) is 64.7 Å². The standard InChI is InChI=1S/C24H22F3N5O2/c1-12-22(32-11-15(34-4)5-6-19(32)28-12)24(33)31-8-7-16-21(13(31)2)29-30(3)23(16)14-9-17(25)20(27)18(26)10-14/h5-6,9-11,13H,7-8H2,1-4H3/t13-/m0/s1. The van der Waals surface area contributed by atoms with Crippen LogP contribution in [0.1, 0.15) is 40.4 Å². The van der Waals surface area contributed by atoms with Gasteiger partial charge in [0.25, 0.3) is 5.91 Å². The zero-order valence-corrected chi connectivity index (χ0v) is 19.1. The van der Waals surface area contributed by atoms with Crippen molar-refractivity contribution in [1.29, 1.82) is 0 Å². The number of pyridine rings is 1. The van der Waals surface area contributed by atoms with E-state index in [0.29, 0.717) is 47.1 Å². The quantitative estimate of drug-likeness (QED) is 0.422. The van der Waals surface area contributed by atoms with Crippen molar-refractivity contribution in [3.05, 3.63) is 70.6 Å². The van der Waals surface area contributed by atoms with Crippen LogP contribution in [0.25, 0.3) is 16.9 Å². The number of nitrogens with zero attached hydrogens (tertiary/aromatic N) is 5. The van der Waals surface area contributed by atoms with Crippen LogP contribution < -0.4 is 4.74 Å². The molecular weight excluding hydrogens is 447 g/mol. The highest BCUT2D eigenvalue weighted by Crippen LogP contribution is 2.37. The van der Waals surface area contributed by atoms with Gasteiger partial charge in [-0.25, -0.2) is 18.2 Å². The van der Waals surface area contributed by atoms with Crippen LogP contribution in [0.3, 0.4) is 0 Å². The van der Waals surface area contributed by atoms with E-state index in [-0.39, 0.29) is 11.5 Å². The van der Waals surface area contributed by atoms with Crippen molar-refractivity contribution >= 4 is 11.6 Å². The molecule has 10 heteroatoms. The van der Waals surface area contributed by atoms with Gasteiger partial charge >= 0.3 is 0 Å². The molecule has 0 N–H and O–H groups in total. The van der Waals surface area contributed by atoms with Gasteiger partial charge < -0.3 is 9.64 Å². The summed E-state index contributed by atoms with van der Waals surface area (Å²) in [7, 11) is 3.21. The SMILES string of the molecule is COc1ccc2nc(C)c(C(=O)N3CCc4c(nn(C)c4-c4cc(F)c(F)c(F)c4)[C@@H]3C)n2c1. The Bertz CT molecular complexity index is 1440. The summed E-state index contributed by atoms with van der Waals surface area (Å²) in [5.41, 5.74) is 3.77. The Hall–Kier alpha value is -3.82. The van der Waals surface area contributed by atoms with Gasteiger partial charge in [0, 0.05) is 24.7 Å². The summed E-state index contributed by atoms with van der Waals surface area (Å²) >= 11 is 0. The van der Waals surface area contributed by atoms with Gasteiger partial charge in [-0.1, -0.05) is 0 Å². The second-order valence-corrected chi connectivity index (χ2v) is 8.36. The molecule has 1 amide bonds. The van der Waals surface area contributed by atoms with Gasteiger partial charge in [0.1, 0.15) is 17.1 Å². The minimum atomic E-state index is -1.51. The van der Waals surface area contributed by atoms with Gasteiger partial charge in [-0.15, -0.1) is 0 Å². The Morgan fingerprint density at radius 3 is 2.56 bits per heavy atom. The lowest BCUT2D eigenvalue weighted by atomic mass is 9.95. The monoisotopic (exact) mass is 469 g/mol. The molecule has 0 fully saturated rings. The third-order valence-corrected chi connectivity index (χ3v) is 6.36. The number of fused-ring (bicyclic) bond motifs is 2. The number of methoxy groups -OCH3 is 1. The van der Waals surface area contributed by atoms with Crippen LogP contribution in [0.15, 0.2) is 30.5 Å². The van der Waals surface area contributed by atoms with E-state index in [1.807, 2.05) is 6.92 Å². The maximum atomic E-state index is 13.9. The lowest BCUT2D eigenvalue weighted by molar-refractivity contribution is 0.0665. The van der Waals surface area contributed by atoms with Crippen molar-refractivity contribution in [3.63, 3.8) is 0 Å². The van der Waals surface area contributed by atoms with Crippen LogP contribution in [0.4, 0.5) is 13.2 Å². The van der Waals surface area contributed by atoms with Gasteiger partial charge in [-0.05, 0) is 44.5 Å². The molecule has 1 aliphatic heterocycles. The first-order valence-electron chi connectivity index (χ1n) is 10.8. The van der Waals surface area contributed by atoms with Crippen molar-refractivity contribution in [2.75, 3.05) is 13.7 Å². The minimum absolute atomic E-state index is 0.198. The number of benzene rings is 1. The third-order valence-electron chi connectivity index (χ3n) is 6.36. The van der Waals surface area contributed by atoms with E-state index >= 15 is 0 Å². The number of halogens is 3. The van der Waals surface area contributed by atoms with Gasteiger partial charge in [0.05, 0.1) is 36.4 Å². The first-order valence-corrected chi connectivity index (χ1v) is 10.8. The summed E-state index contributed by atoms with van der Waals surface area (Å²) < 4.78 is 49.8. The molecule has 7 nitrogen and oxygen atoms in total. The maximum Gasteiger partial charge on any atom is 0.273 e. The van der Waals surface area contributed by atoms with Crippen LogP contribution in [0, 0.1) is 24.4 Å². The van der Waals surface area contributed by atoms with E-state index in [0.717, 1.165) is 17.7 Å². The van der Waals surface area contributed by atoms with Crippen LogP contribution in [-0.4, -0.2) is 43.6 Å². The first kappa shape index (κ1) is 22.0. The van der Waals surface area contributed by atoms with E-state index in [1.165, 1.54) is 4.68 Å². The number of rotatable bonds is 3. The van der Waals surface area contributed by atoms with E-state index in [4.69, 9.17) is 4.74 Å². The van der Waals surface area contributed by atoms with Crippen LogP contribution >= 0.6 is 0 Å². The minimum Gasteiger partial charge on any atom is -0.495 e. The Morgan fingerprint density at radius 2 is 1.88 bits per heavy atom. The Kier molecular flexibility index (Phi) is 5.11. The number of imidazole rings is 1. The molecule has 0 aliphatic carbocycles. The molecule has 5 rings (SSSR count). The average molecular weight is 469 g/mol. The number of hydrogen-bond acceptors (Lipinski definition) is 4. The molecule has 0 saturated carbocycles. The van der Waals surface area contributed by atoms with Crippen LogP contribution in [-0.2, 0) is 13.5 Å². The highest BCUT2D eigenvalue weighted by atomic mass is 19.2. The third kappa shape index (κ3) is 3.24. The second-order valence-electron chi connectivity index (χ2n) is 8.36. The molecular formula is C24H22F3N5O2. The fraction of sp³-hybridized carbons (Fsp3) is 0.292. The molecule has 0 radical (unpaired) electrons. The molecule has 3 aromatic heterocycles. The number of hydrogen-bond donors (Lipinski definition) is 0. The molecule has 0 saturated heterocycles. The normalized spacial score (nSPS) is 15.6. The number of amides is 1. The average Bonchev–Trinajstić information content (AvgIpc) is 3.32. The predicted octanol–water partition coefficient (Wildman–Crippen LogP) is 4.23. The summed E-state index contributed by atoms with van der Waals surface area (Å²) in [6.45, 7) is 4.01. The van der Waals surface area contributed by atoms with Gasteiger partial charge in [0.15, 0.2) is 17.5 Å². The van der Waals surface area contributed by atoms with Gasteiger partial charge in [0.2, 0.25) is 0 Å². The van der Waals surface area contributed by atoms with E-state index < -0.39 is 23.5 Å². The van der Waals surface area contributed by atoms with Crippen molar-refractivity contribution in [1.82, 2.24) is 24.1 Å². The fourth-order valence-corrected chi connectivity index (χ4v) is 4.73. The smallest absolute Gasteiger partial charge is 0.273 e. The number of carbonyl (C=O) groups is 1. The summed E-state index contributed by atoms with van der Waals surface area (Å²) in [4.78, 5) is 19.9. The number of ether oxygens (including phenoxy) is 1. The zero-order valence-electron chi connectivity index (χ0n) is 19.1. The first-order chi connectivity index (χ1) is 16.2. The lowest BCUT2D eigenvalue weighted by Gasteiger charge is -2.33. The van der Waals surface area contributed by atoms with Crippen LogP contribution in [0.5, 0.6) is 5.75 Å². The Labute approximate surface area is 193 Å². The maximum absolute atomic E-state index is 13.9. The van der Waals surface area contributed by atoms with E-state index in [1.54, 1.807) is 48.7 Å². The molecule has 176 valence electrons. The van der Waals surface area contributed by atoms with Crippen molar-refractivity contribution in [3.8, 4) is 17.0 Å². The second kappa shape index (κ2) is 7.89. The lowest BCUT2D eigenvalue weighted by Crippen LogP contribution is -2.39. The summed E-state index contributed by atoms with van der Waals surface area (Å²) in [5, 5.41) is 4.56. The molecule has 0 unspecified atom stereocenters. The van der Waals surface area contributed by atoms with Gasteiger partial charge in [-0.2, -0.15) is 5.10 Å². The van der Waals surface area contributed by atoms with E-state index in [9.17, 15) is 18.0 Å². The number of aryl methyl sites for hydroxylation is 2. The molecule has 1 aliphatic rings. The highest BCUT2D eigenvalue weighted by Gasteiger charge is 2.35. The molecule has 1 atom stereocenters. The summed E-state index contributed by atoms with van der Waals surface area (Å²) in [6, 6.07) is 5.09. The molecule has 0 spiro atoms. The summed E-state index contributed by atoms with van der Waals surface area (Å²) in [6.07, 6.45) is 2.15. The largest absolute Gasteiger partial charge is 0.495 e. The van der Waals surface area contributed by atoms with Gasteiger partial charge in [-0.3, -0.25) is 13.9 Å². The molecule has 4 heterocycles. The molecule has 0 bridgehead atoms. The van der Waals surface area contributed by atoms with Crippen molar-refractivity contribution in [2.45, 2.75) is 26.3 Å². The van der Waals surface area contributed by atoms with Crippen molar-refractivity contribution in [2.24, 2.45) is 7.05 Å². The number of aromatic nitrogens is 4. The van der Waals surface area contributed by atoms with Crippen molar-refractivity contribution < 1.29 is 22.7 Å². The molecule has 4 aromatic rings. The summed E-state index contributed by atoms with van der Waals surface area (Å²) in [5.74, 6) is -3.64. The predicted molar refractivity (Wildman–Crippen MR) is 118 cm³/mol.